The normalized spacial score (nSPS) is 8.93. The van der Waals surface area contributed by atoms with Gasteiger partial charge in [-0.3, -0.25) is 9.59 Å². The van der Waals surface area contributed by atoms with Gasteiger partial charge in [-0.15, -0.1) is 0 Å². The molecule has 84 valence electrons. The second kappa shape index (κ2) is 9.98. The first-order chi connectivity index (χ1) is 6.40. The molecule has 0 aliphatic rings. The van der Waals surface area contributed by atoms with Crippen LogP contribution in [0.1, 0.15) is 20.8 Å². The van der Waals surface area contributed by atoms with Crippen LogP contribution in [-0.4, -0.2) is 37.2 Å². The summed E-state index contributed by atoms with van der Waals surface area (Å²) >= 11 is 0. The molecule has 0 bridgehead atoms. The second-order valence-corrected chi connectivity index (χ2v) is 3.34. The Labute approximate surface area is 84.4 Å². The lowest BCUT2D eigenvalue weighted by Crippen LogP contribution is -2.31. The minimum Gasteiger partial charge on any atom is -0.480 e. The van der Waals surface area contributed by atoms with E-state index in [2.05, 4.69) is 30.8 Å². The number of carbonyl (C=O) groups is 2. The Kier molecular flexibility index (Phi) is 11.0. The monoisotopic (exact) mass is 205 g/mol. The van der Waals surface area contributed by atoms with Crippen molar-refractivity contribution in [3.8, 4) is 0 Å². The van der Waals surface area contributed by atoms with Crippen LogP contribution in [0.3, 0.4) is 0 Å². The summed E-state index contributed by atoms with van der Waals surface area (Å²) in [6, 6.07) is 0. The van der Waals surface area contributed by atoms with Gasteiger partial charge in [-0.1, -0.05) is 20.8 Å². The summed E-state index contributed by atoms with van der Waals surface area (Å²) in [6.45, 7) is 6.04. The van der Waals surface area contributed by atoms with E-state index in [9.17, 15) is 9.59 Å². The Morgan fingerprint density at radius 1 is 1.36 bits per heavy atom. The third kappa shape index (κ3) is 22.4. The van der Waals surface area contributed by atoms with Gasteiger partial charge >= 0.3 is 5.97 Å². The lowest BCUT2D eigenvalue weighted by atomic mass is 10.3. The molecule has 0 unspecified atom stereocenters. The molecule has 5 nitrogen and oxygen atoms in total. The highest BCUT2D eigenvalue weighted by Gasteiger charge is 2.00. The molecule has 0 heterocycles. The first-order valence-corrected chi connectivity index (χ1v) is 4.37. The van der Waals surface area contributed by atoms with Gasteiger partial charge in [0.1, 0.15) is 13.2 Å². The number of nitrogens with one attached hydrogen (secondary N) is 1. The van der Waals surface area contributed by atoms with Crippen LogP contribution >= 0.6 is 0 Å². The highest BCUT2D eigenvalue weighted by Crippen LogP contribution is 1.81. The smallest absolute Gasteiger partial charge is 0.322 e. The zero-order valence-electron chi connectivity index (χ0n) is 9.16. The van der Waals surface area contributed by atoms with Crippen molar-refractivity contribution >= 4 is 11.9 Å². The molecule has 0 aliphatic carbocycles. The number of rotatable bonds is 4. The Hall–Kier alpha value is -1.10. The topological polar surface area (TPSA) is 75.6 Å². The zero-order chi connectivity index (χ0) is 11.6. The Bertz CT molecular complexity index is 165. The quantitative estimate of drug-likeness (QED) is 0.700. The van der Waals surface area contributed by atoms with Crippen LogP contribution in [0.5, 0.6) is 0 Å². The van der Waals surface area contributed by atoms with Gasteiger partial charge in [0.05, 0.1) is 0 Å². The molecule has 0 aliphatic heterocycles. The Morgan fingerprint density at radius 3 is 2.07 bits per heavy atom. The number of carboxylic acid groups (broad SMARTS) is 1. The zero-order valence-corrected chi connectivity index (χ0v) is 9.16. The molecular weight excluding hydrogens is 186 g/mol. The van der Waals surface area contributed by atoms with Gasteiger partial charge in [0.15, 0.2) is 0 Å². The number of carbonyl (C=O) groups excluding carboxylic acids is 1. The lowest BCUT2D eigenvalue weighted by molar-refractivity contribution is -0.138. The van der Waals surface area contributed by atoms with Gasteiger partial charge in [0.2, 0.25) is 5.91 Å². The van der Waals surface area contributed by atoms with E-state index < -0.39 is 11.9 Å². The lowest BCUT2D eigenvalue weighted by Gasteiger charge is -1.98. The van der Waals surface area contributed by atoms with Gasteiger partial charge < -0.3 is 15.2 Å². The van der Waals surface area contributed by atoms with Gasteiger partial charge in [-0.05, 0) is 5.92 Å². The van der Waals surface area contributed by atoms with Crippen molar-refractivity contribution in [2.24, 2.45) is 5.92 Å². The van der Waals surface area contributed by atoms with Crippen LogP contribution in [0, 0.1) is 5.92 Å². The Morgan fingerprint density at radius 2 is 1.79 bits per heavy atom. The Balaban J connectivity index is 0. The summed E-state index contributed by atoms with van der Waals surface area (Å²) in [7, 11) is 1.36. The molecule has 0 radical (unpaired) electrons. The van der Waals surface area contributed by atoms with Crippen LogP contribution in [0.25, 0.3) is 0 Å². The van der Waals surface area contributed by atoms with Crippen molar-refractivity contribution in [3.05, 3.63) is 0 Å². The van der Waals surface area contributed by atoms with Crippen molar-refractivity contribution < 1.29 is 19.4 Å². The summed E-state index contributed by atoms with van der Waals surface area (Å²) in [5.74, 6) is -0.658. The van der Waals surface area contributed by atoms with Gasteiger partial charge in [-0.25, -0.2) is 0 Å². The van der Waals surface area contributed by atoms with E-state index in [4.69, 9.17) is 5.11 Å². The SMILES string of the molecule is CC(C)C.COCC(=O)NCC(=O)O. The fourth-order valence-electron chi connectivity index (χ4n) is 0.356. The van der Waals surface area contributed by atoms with E-state index in [0.717, 1.165) is 5.92 Å². The van der Waals surface area contributed by atoms with E-state index in [1.165, 1.54) is 7.11 Å². The molecule has 0 aromatic heterocycles. The maximum atomic E-state index is 10.4. The van der Waals surface area contributed by atoms with E-state index >= 15 is 0 Å². The third-order valence-electron chi connectivity index (χ3n) is 0.712. The largest absolute Gasteiger partial charge is 0.480 e. The molecule has 0 rings (SSSR count). The summed E-state index contributed by atoms with van der Waals surface area (Å²) in [4.78, 5) is 20.3. The van der Waals surface area contributed by atoms with Crippen LogP contribution in [-0.2, 0) is 14.3 Å². The van der Waals surface area contributed by atoms with Crippen LogP contribution in [0.15, 0.2) is 0 Å². The minimum absolute atomic E-state index is 0.104. The molecule has 0 spiro atoms. The molecular formula is C9H19NO4. The van der Waals surface area contributed by atoms with E-state index in [0.29, 0.717) is 0 Å². The standard InChI is InChI=1S/C5H9NO4.C4H10/c1-10-3-4(7)6-2-5(8)9;1-4(2)3/h2-3H2,1H3,(H,6,7)(H,8,9);4H,1-3H3. The fraction of sp³-hybridized carbons (Fsp3) is 0.778. The van der Waals surface area contributed by atoms with Gasteiger partial charge in [-0.2, -0.15) is 0 Å². The molecule has 0 saturated carbocycles. The number of hydrogen-bond acceptors (Lipinski definition) is 3. The van der Waals surface area contributed by atoms with Crippen molar-refractivity contribution in [3.63, 3.8) is 0 Å². The number of methoxy groups -OCH3 is 1. The molecule has 0 atom stereocenters. The van der Waals surface area contributed by atoms with E-state index in [1.54, 1.807) is 0 Å². The number of amides is 1. The molecule has 0 aromatic carbocycles. The first kappa shape index (κ1) is 15.4. The molecule has 0 aromatic rings. The number of ether oxygens (including phenoxy) is 1. The summed E-state index contributed by atoms with van der Waals surface area (Å²) in [5, 5.41) is 10.2. The minimum atomic E-state index is -1.07. The predicted molar refractivity (Wildman–Crippen MR) is 53.0 cm³/mol. The number of carboxylic acids is 1. The number of hydrogen-bond donors (Lipinski definition) is 2. The second-order valence-electron chi connectivity index (χ2n) is 3.34. The molecule has 2 N–H and O–H groups in total. The molecule has 5 heteroatoms. The highest BCUT2D eigenvalue weighted by atomic mass is 16.5. The summed E-state index contributed by atoms with van der Waals surface area (Å²) < 4.78 is 4.43. The van der Waals surface area contributed by atoms with Crippen LogP contribution < -0.4 is 5.32 Å². The third-order valence-corrected chi connectivity index (χ3v) is 0.712. The van der Waals surface area contributed by atoms with Crippen molar-refractivity contribution in [1.82, 2.24) is 5.32 Å². The molecule has 0 fully saturated rings. The summed E-state index contributed by atoms with van der Waals surface area (Å²) in [6.07, 6.45) is 0. The van der Waals surface area contributed by atoms with E-state index in [1.807, 2.05) is 0 Å². The average Bonchev–Trinajstić information content (AvgIpc) is 2.00. The average molecular weight is 205 g/mol. The molecule has 14 heavy (non-hydrogen) atoms. The van der Waals surface area contributed by atoms with Crippen LogP contribution in [0.4, 0.5) is 0 Å². The maximum absolute atomic E-state index is 10.4. The fourth-order valence-corrected chi connectivity index (χ4v) is 0.356. The highest BCUT2D eigenvalue weighted by molar-refractivity contribution is 5.81. The van der Waals surface area contributed by atoms with Gasteiger partial charge in [0.25, 0.3) is 0 Å². The molecule has 0 saturated heterocycles. The van der Waals surface area contributed by atoms with Crippen LogP contribution in [0.2, 0.25) is 0 Å². The van der Waals surface area contributed by atoms with Crippen molar-refractivity contribution in [1.29, 1.82) is 0 Å². The maximum Gasteiger partial charge on any atom is 0.322 e. The van der Waals surface area contributed by atoms with E-state index in [-0.39, 0.29) is 13.2 Å². The van der Waals surface area contributed by atoms with Gasteiger partial charge in [0, 0.05) is 7.11 Å². The van der Waals surface area contributed by atoms with Crippen molar-refractivity contribution in [2.75, 3.05) is 20.3 Å². The predicted octanol–water partition coefficient (Wildman–Crippen LogP) is 0.496. The summed E-state index contributed by atoms with van der Waals surface area (Å²) in [5.41, 5.74) is 0. The van der Waals surface area contributed by atoms with Crippen molar-refractivity contribution in [2.45, 2.75) is 20.8 Å². The first-order valence-electron chi connectivity index (χ1n) is 4.37. The molecule has 1 amide bonds. The number of aliphatic carboxylic acids is 1.